The molecular weight excluding hydrogens is 248 g/mol. The molecule has 1 aliphatic heterocycles. The van der Waals surface area contributed by atoms with Crippen LogP contribution in [0.2, 0.25) is 0 Å². The summed E-state index contributed by atoms with van der Waals surface area (Å²) in [5.74, 6) is 0.131. The van der Waals surface area contributed by atoms with E-state index in [1.54, 1.807) is 0 Å². The first-order valence-corrected chi connectivity index (χ1v) is 7.75. The highest BCUT2D eigenvalue weighted by Crippen LogP contribution is 2.19. The molecule has 1 aromatic carbocycles. The third-order valence-electron chi connectivity index (χ3n) is 4.10. The van der Waals surface area contributed by atoms with E-state index >= 15 is 0 Å². The lowest BCUT2D eigenvalue weighted by Crippen LogP contribution is -2.29. The molecule has 0 atom stereocenters. The van der Waals surface area contributed by atoms with E-state index in [4.69, 9.17) is 0 Å². The minimum Gasteiger partial charge on any atom is -0.326 e. The van der Waals surface area contributed by atoms with Crippen molar-refractivity contribution in [3.63, 3.8) is 0 Å². The topological polar surface area (TPSA) is 32.3 Å². The van der Waals surface area contributed by atoms with Gasteiger partial charge < -0.3 is 10.2 Å². The summed E-state index contributed by atoms with van der Waals surface area (Å²) in [5, 5.41) is 3.07. The van der Waals surface area contributed by atoms with Crippen molar-refractivity contribution in [3.8, 4) is 0 Å². The fourth-order valence-corrected chi connectivity index (χ4v) is 2.83. The Labute approximate surface area is 122 Å². The van der Waals surface area contributed by atoms with E-state index < -0.39 is 0 Å². The van der Waals surface area contributed by atoms with Crippen LogP contribution >= 0.6 is 0 Å². The largest absolute Gasteiger partial charge is 0.326 e. The second-order valence-electron chi connectivity index (χ2n) is 5.82. The summed E-state index contributed by atoms with van der Waals surface area (Å²) in [7, 11) is 0. The van der Waals surface area contributed by atoms with Crippen LogP contribution < -0.4 is 5.32 Å². The average molecular weight is 274 g/mol. The van der Waals surface area contributed by atoms with Gasteiger partial charge in [0.25, 0.3) is 0 Å². The van der Waals surface area contributed by atoms with Crippen molar-refractivity contribution >= 4 is 11.6 Å². The van der Waals surface area contributed by atoms with Crippen LogP contribution in [0.3, 0.4) is 0 Å². The molecule has 1 heterocycles. The Balaban J connectivity index is 1.83. The molecule has 0 aliphatic carbocycles. The third-order valence-corrected chi connectivity index (χ3v) is 4.10. The number of hydrogen-bond donors (Lipinski definition) is 1. The number of amides is 1. The third kappa shape index (κ3) is 4.34. The van der Waals surface area contributed by atoms with Gasteiger partial charge in [-0.15, -0.1) is 0 Å². The zero-order valence-corrected chi connectivity index (χ0v) is 12.7. The van der Waals surface area contributed by atoms with Gasteiger partial charge in [0.05, 0.1) is 0 Å². The van der Waals surface area contributed by atoms with Crippen LogP contribution in [0.15, 0.2) is 18.2 Å². The van der Waals surface area contributed by atoms with Crippen molar-refractivity contribution in [2.75, 3.05) is 25.0 Å². The predicted octanol–water partition coefficient (Wildman–Crippen LogP) is 3.51. The number of rotatable bonds is 4. The van der Waals surface area contributed by atoms with Crippen molar-refractivity contribution in [1.82, 2.24) is 4.90 Å². The normalized spacial score (nSPS) is 16.7. The highest BCUT2D eigenvalue weighted by molar-refractivity contribution is 5.92. The maximum absolute atomic E-state index is 12.1. The van der Waals surface area contributed by atoms with E-state index in [0.717, 1.165) is 36.4 Å². The molecule has 0 unspecified atom stereocenters. The van der Waals surface area contributed by atoms with Gasteiger partial charge in [0, 0.05) is 18.7 Å². The smallest absolute Gasteiger partial charge is 0.225 e. The molecule has 1 aliphatic rings. The number of benzene rings is 1. The van der Waals surface area contributed by atoms with Crippen LogP contribution in [0.4, 0.5) is 5.69 Å². The van der Waals surface area contributed by atoms with Gasteiger partial charge in [-0.3, -0.25) is 4.79 Å². The molecule has 20 heavy (non-hydrogen) atoms. The number of nitrogens with zero attached hydrogens (tertiary/aromatic N) is 1. The molecule has 1 amide bonds. The van der Waals surface area contributed by atoms with Crippen molar-refractivity contribution in [3.05, 3.63) is 29.3 Å². The lowest BCUT2D eigenvalue weighted by Gasteiger charge is -2.19. The summed E-state index contributed by atoms with van der Waals surface area (Å²) in [6.45, 7) is 7.26. The van der Waals surface area contributed by atoms with Gasteiger partial charge in [0.1, 0.15) is 0 Å². The van der Waals surface area contributed by atoms with Gasteiger partial charge in [0.2, 0.25) is 5.91 Å². The lowest BCUT2D eigenvalue weighted by atomic mass is 10.1. The highest BCUT2D eigenvalue weighted by Gasteiger charge is 2.12. The Hall–Kier alpha value is -1.35. The summed E-state index contributed by atoms with van der Waals surface area (Å²) in [4.78, 5) is 14.5. The van der Waals surface area contributed by atoms with Gasteiger partial charge in [-0.1, -0.05) is 31.0 Å². The molecule has 1 N–H and O–H groups in total. The number of carbonyl (C=O) groups excluding carboxylic acids is 1. The second kappa shape index (κ2) is 7.44. The van der Waals surface area contributed by atoms with Gasteiger partial charge in [-0.25, -0.2) is 0 Å². The monoisotopic (exact) mass is 274 g/mol. The number of para-hydroxylation sites is 1. The standard InChI is InChI=1S/C17H26N2O/c1-14-8-7-9-15(2)17(14)18-16(20)10-13-19-11-5-3-4-6-12-19/h7-9H,3-6,10-13H2,1-2H3,(H,18,20). The Morgan fingerprint density at radius 3 is 2.30 bits per heavy atom. The van der Waals surface area contributed by atoms with Crippen molar-refractivity contribution in [2.45, 2.75) is 46.0 Å². The van der Waals surface area contributed by atoms with Crippen molar-refractivity contribution in [1.29, 1.82) is 0 Å². The second-order valence-corrected chi connectivity index (χ2v) is 5.82. The van der Waals surface area contributed by atoms with E-state index in [1.807, 2.05) is 32.0 Å². The minimum absolute atomic E-state index is 0.131. The molecule has 2 rings (SSSR count). The molecule has 1 fully saturated rings. The number of hydrogen-bond acceptors (Lipinski definition) is 2. The predicted molar refractivity (Wildman–Crippen MR) is 84.1 cm³/mol. The molecular formula is C17H26N2O. The molecule has 0 bridgehead atoms. The molecule has 1 aromatic rings. The highest BCUT2D eigenvalue weighted by atomic mass is 16.1. The molecule has 0 spiro atoms. The SMILES string of the molecule is Cc1cccc(C)c1NC(=O)CCN1CCCCCC1. The Kier molecular flexibility index (Phi) is 5.60. The summed E-state index contributed by atoms with van der Waals surface area (Å²) >= 11 is 0. The van der Waals surface area contributed by atoms with Gasteiger partial charge >= 0.3 is 0 Å². The first-order valence-electron chi connectivity index (χ1n) is 7.75. The number of likely N-dealkylation sites (tertiary alicyclic amines) is 1. The van der Waals surface area contributed by atoms with Crippen LogP contribution in [-0.4, -0.2) is 30.4 Å². The maximum atomic E-state index is 12.1. The zero-order chi connectivity index (χ0) is 14.4. The quantitative estimate of drug-likeness (QED) is 0.911. The number of nitrogens with one attached hydrogen (secondary N) is 1. The van der Waals surface area contributed by atoms with Gasteiger partial charge in [0.15, 0.2) is 0 Å². The Morgan fingerprint density at radius 1 is 1.10 bits per heavy atom. The fourth-order valence-electron chi connectivity index (χ4n) is 2.83. The Bertz CT molecular complexity index is 428. The average Bonchev–Trinajstić information content (AvgIpc) is 2.69. The van der Waals surface area contributed by atoms with E-state index in [1.165, 1.54) is 25.7 Å². The van der Waals surface area contributed by atoms with Gasteiger partial charge in [-0.2, -0.15) is 0 Å². The molecule has 110 valence electrons. The van der Waals surface area contributed by atoms with Crippen LogP contribution in [-0.2, 0) is 4.79 Å². The molecule has 0 aromatic heterocycles. The summed E-state index contributed by atoms with van der Waals surface area (Å²) < 4.78 is 0. The van der Waals surface area contributed by atoms with E-state index in [0.29, 0.717) is 6.42 Å². The number of carbonyl (C=O) groups is 1. The first kappa shape index (κ1) is 15.0. The van der Waals surface area contributed by atoms with Crippen molar-refractivity contribution in [2.24, 2.45) is 0 Å². The molecule has 3 heteroatoms. The molecule has 0 saturated carbocycles. The van der Waals surface area contributed by atoms with Crippen LogP contribution in [0.25, 0.3) is 0 Å². The van der Waals surface area contributed by atoms with Crippen LogP contribution in [0, 0.1) is 13.8 Å². The maximum Gasteiger partial charge on any atom is 0.225 e. The summed E-state index contributed by atoms with van der Waals surface area (Å²) in [6, 6.07) is 6.10. The summed E-state index contributed by atoms with van der Waals surface area (Å²) in [6.07, 6.45) is 5.82. The van der Waals surface area contributed by atoms with Crippen LogP contribution in [0.1, 0.15) is 43.2 Å². The zero-order valence-electron chi connectivity index (χ0n) is 12.7. The van der Waals surface area contributed by atoms with Gasteiger partial charge in [-0.05, 0) is 50.9 Å². The lowest BCUT2D eigenvalue weighted by molar-refractivity contribution is -0.116. The van der Waals surface area contributed by atoms with E-state index in [9.17, 15) is 4.79 Å². The first-order chi connectivity index (χ1) is 9.66. The summed E-state index contributed by atoms with van der Waals surface area (Å²) in [5.41, 5.74) is 3.25. The minimum atomic E-state index is 0.131. The number of aryl methyl sites for hydroxylation is 2. The molecule has 0 radical (unpaired) electrons. The van der Waals surface area contributed by atoms with E-state index in [-0.39, 0.29) is 5.91 Å². The van der Waals surface area contributed by atoms with E-state index in [2.05, 4.69) is 10.2 Å². The van der Waals surface area contributed by atoms with Crippen molar-refractivity contribution < 1.29 is 4.79 Å². The Morgan fingerprint density at radius 2 is 1.70 bits per heavy atom. The molecule has 3 nitrogen and oxygen atoms in total. The fraction of sp³-hybridized carbons (Fsp3) is 0.588. The number of anilines is 1. The molecule has 1 saturated heterocycles. The van der Waals surface area contributed by atoms with Crippen LogP contribution in [0.5, 0.6) is 0 Å².